The summed E-state index contributed by atoms with van der Waals surface area (Å²) in [6.07, 6.45) is 6.11. The molecule has 0 aliphatic carbocycles. The third-order valence-corrected chi connectivity index (χ3v) is 7.63. The molecule has 254 valence electrons. The van der Waals surface area contributed by atoms with Crippen molar-refractivity contribution in [3.63, 3.8) is 0 Å². The third kappa shape index (κ3) is 13.8. The van der Waals surface area contributed by atoms with Gasteiger partial charge >= 0.3 is 12.0 Å². The Morgan fingerprint density at radius 2 is 1.59 bits per heavy atom. The number of hydrogen-bond donors (Lipinski definition) is 4. The quantitative estimate of drug-likeness (QED) is 0.0943. The minimum absolute atomic E-state index is 0.0624. The maximum absolute atomic E-state index is 13.5. The Kier molecular flexibility index (Phi) is 15.4. The number of imide groups is 1. The summed E-state index contributed by atoms with van der Waals surface area (Å²) in [5.41, 5.74) is 6.33. The Morgan fingerprint density at radius 1 is 0.935 bits per heavy atom. The van der Waals surface area contributed by atoms with Crippen LogP contribution < -0.4 is 21.7 Å². The number of carbonyl (C=O) groups is 6. The molecule has 1 aromatic carbocycles. The summed E-state index contributed by atoms with van der Waals surface area (Å²) in [7, 11) is 0. The second-order valence-electron chi connectivity index (χ2n) is 13.1. The maximum atomic E-state index is 13.5. The van der Waals surface area contributed by atoms with Gasteiger partial charge in [0.2, 0.25) is 5.91 Å². The van der Waals surface area contributed by atoms with Gasteiger partial charge in [-0.15, -0.1) is 0 Å². The SMILES string of the molecule is CC(C)[C@@H](NC(=O)CCCCCN1C(=O)C=CC1=O)C(=O)C[C@H](CCCNC(N)=O)CNc1ccc(COC(=O)C(C)(C)C)cc1. The van der Waals surface area contributed by atoms with Crippen LogP contribution in [0.25, 0.3) is 0 Å². The number of rotatable bonds is 20. The first-order valence-corrected chi connectivity index (χ1v) is 16.1. The molecule has 5 amide bonds. The van der Waals surface area contributed by atoms with Crippen LogP contribution in [0.5, 0.6) is 0 Å². The average molecular weight is 642 g/mol. The van der Waals surface area contributed by atoms with Gasteiger partial charge in [-0.05, 0) is 76.0 Å². The van der Waals surface area contributed by atoms with Crippen LogP contribution in [-0.2, 0) is 35.3 Å². The molecule has 46 heavy (non-hydrogen) atoms. The summed E-state index contributed by atoms with van der Waals surface area (Å²) in [4.78, 5) is 73.9. The van der Waals surface area contributed by atoms with E-state index < -0.39 is 17.5 Å². The Labute approximate surface area is 272 Å². The second-order valence-corrected chi connectivity index (χ2v) is 13.1. The van der Waals surface area contributed by atoms with Crippen molar-refractivity contribution in [2.24, 2.45) is 23.0 Å². The van der Waals surface area contributed by atoms with Gasteiger partial charge < -0.3 is 26.4 Å². The molecule has 5 N–H and O–H groups in total. The lowest BCUT2D eigenvalue weighted by molar-refractivity contribution is -0.154. The highest BCUT2D eigenvalue weighted by Crippen LogP contribution is 2.20. The Bertz CT molecular complexity index is 1220. The third-order valence-electron chi connectivity index (χ3n) is 7.63. The zero-order chi connectivity index (χ0) is 34.3. The number of nitrogens with two attached hydrogens (primary N) is 1. The first-order chi connectivity index (χ1) is 21.7. The highest BCUT2D eigenvalue weighted by Gasteiger charge is 2.27. The summed E-state index contributed by atoms with van der Waals surface area (Å²) in [5, 5.41) is 8.87. The number of ketones is 1. The van der Waals surface area contributed by atoms with Crippen LogP contribution in [-0.4, -0.2) is 66.1 Å². The van der Waals surface area contributed by atoms with E-state index in [1.54, 1.807) is 20.8 Å². The van der Waals surface area contributed by atoms with E-state index in [9.17, 15) is 28.8 Å². The monoisotopic (exact) mass is 641 g/mol. The molecule has 0 unspecified atom stereocenters. The number of nitrogens with zero attached hydrogens (tertiary/aromatic N) is 1. The standard InChI is InChI=1S/C34H51N5O7/c1-23(2)31(38-28(41)11-7-6-8-19-39-29(42)16-17-30(39)43)27(40)20-25(10-9-18-36-33(35)45)21-37-26-14-12-24(13-15-26)22-46-32(44)34(3,4)5/h12-17,23,25,31,37H,6-11,18-22H2,1-5H3,(H,38,41)(H3,35,36,45)/t25-,31+/m0/s1. The van der Waals surface area contributed by atoms with E-state index in [-0.39, 0.29) is 60.8 Å². The summed E-state index contributed by atoms with van der Waals surface area (Å²) >= 11 is 0. The molecular weight excluding hydrogens is 590 g/mol. The van der Waals surface area contributed by atoms with Crippen molar-refractivity contribution < 1.29 is 33.5 Å². The summed E-state index contributed by atoms with van der Waals surface area (Å²) in [6.45, 7) is 10.6. The van der Waals surface area contributed by atoms with Crippen LogP contribution >= 0.6 is 0 Å². The van der Waals surface area contributed by atoms with Crippen LogP contribution in [0.1, 0.15) is 85.1 Å². The summed E-state index contributed by atoms with van der Waals surface area (Å²) in [6, 6.07) is 6.30. The fraction of sp³-hybridized carbons (Fsp3) is 0.588. The van der Waals surface area contributed by atoms with Crippen LogP contribution in [0.15, 0.2) is 36.4 Å². The van der Waals surface area contributed by atoms with Crippen molar-refractivity contribution in [1.29, 1.82) is 0 Å². The number of nitrogens with one attached hydrogen (secondary N) is 3. The molecule has 1 aliphatic rings. The van der Waals surface area contributed by atoms with Crippen molar-refractivity contribution >= 4 is 41.2 Å². The minimum Gasteiger partial charge on any atom is -0.460 e. The van der Waals surface area contributed by atoms with Crippen LogP contribution in [0, 0.1) is 17.3 Å². The lowest BCUT2D eigenvalue weighted by Gasteiger charge is -2.25. The minimum atomic E-state index is -0.639. The van der Waals surface area contributed by atoms with Crippen LogP contribution in [0.4, 0.5) is 10.5 Å². The fourth-order valence-corrected chi connectivity index (χ4v) is 4.88. The molecule has 0 saturated carbocycles. The van der Waals surface area contributed by atoms with Gasteiger partial charge in [0.15, 0.2) is 5.78 Å². The normalized spacial score (nSPS) is 14.3. The van der Waals surface area contributed by atoms with Gasteiger partial charge in [-0.3, -0.25) is 28.9 Å². The van der Waals surface area contributed by atoms with E-state index in [1.165, 1.54) is 17.1 Å². The van der Waals surface area contributed by atoms with Crippen molar-refractivity contribution in [2.45, 2.75) is 92.2 Å². The fourth-order valence-electron chi connectivity index (χ4n) is 4.88. The predicted molar refractivity (Wildman–Crippen MR) is 175 cm³/mol. The Hall–Kier alpha value is -4.22. The summed E-state index contributed by atoms with van der Waals surface area (Å²) in [5.74, 6) is -1.35. The van der Waals surface area contributed by atoms with Gasteiger partial charge in [0.05, 0.1) is 11.5 Å². The van der Waals surface area contributed by atoms with Crippen molar-refractivity contribution in [3.8, 4) is 0 Å². The number of unbranched alkanes of at least 4 members (excludes halogenated alkanes) is 2. The van der Waals surface area contributed by atoms with Crippen molar-refractivity contribution in [1.82, 2.24) is 15.5 Å². The van der Waals surface area contributed by atoms with E-state index in [0.29, 0.717) is 51.7 Å². The topological polar surface area (TPSA) is 177 Å². The molecular formula is C34H51N5O7. The number of urea groups is 1. The number of ether oxygens (including phenoxy) is 1. The number of benzene rings is 1. The molecule has 12 heteroatoms. The van der Waals surface area contributed by atoms with Gasteiger partial charge in [-0.1, -0.05) is 32.4 Å². The molecule has 0 aromatic heterocycles. The molecule has 2 rings (SSSR count). The number of primary amides is 1. The van der Waals surface area contributed by atoms with E-state index in [4.69, 9.17) is 10.5 Å². The maximum Gasteiger partial charge on any atom is 0.312 e. The number of carbonyl (C=O) groups excluding carboxylic acids is 6. The lowest BCUT2D eigenvalue weighted by Crippen LogP contribution is -2.45. The molecule has 2 atom stereocenters. The Morgan fingerprint density at radius 3 is 2.17 bits per heavy atom. The number of anilines is 1. The largest absolute Gasteiger partial charge is 0.460 e. The molecule has 0 saturated heterocycles. The molecule has 0 fully saturated rings. The smallest absolute Gasteiger partial charge is 0.312 e. The zero-order valence-electron chi connectivity index (χ0n) is 27.9. The second kappa shape index (κ2) is 18.7. The average Bonchev–Trinajstić information content (AvgIpc) is 3.31. The molecule has 0 radical (unpaired) electrons. The van der Waals surface area contributed by atoms with Crippen LogP contribution in [0.2, 0.25) is 0 Å². The predicted octanol–water partition coefficient (Wildman–Crippen LogP) is 3.84. The number of hydrogen-bond acceptors (Lipinski definition) is 8. The zero-order valence-corrected chi connectivity index (χ0v) is 27.9. The van der Waals surface area contributed by atoms with Gasteiger partial charge in [0, 0.05) is 50.3 Å². The highest BCUT2D eigenvalue weighted by molar-refractivity contribution is 6.12. The highest BCUT2D eigenvalue weighted by atomic mass is 16.5. The van der Waals surface area contributed by atoms with Gasteiger partial charge in [0.1, 0.15) is 6.61 Å². The molecule has 1 heterocycles. The number of amides is 5. The molecule has 1 aliphatic heterocycles. The molecule has 0 spiro atoms. The summed E-state index contributed by atoms with van der Waals surface area (Å²) < 4.78 is 5.38. The van der Waals surface area contributed by atoms with Gasteiger partial charge in [-0.25, -0.2) is 4.79 Å². The van der Waals surface area contributed by atoms with E-state index in [2.05, 4.69) is 16.0 Å². The van der Waals surface area contributed by atoms with Gasteiger partial charge in [0.25, 0.3) is 11.8 Å². The molecule has 1 aromatic rings. The van der Waals surface area contributed by atoms with Crippen LogP contribution in [0.3, 0.4) is 0 Å². The number of Topliss-reactive ketones (excluding diaryl/α,β-unsaturated/α-hetero) is 1. The molecule has 12 nitrogen and oxygen atoms in total. The van der Waals surface area contributed by atoms with E-state index in [0.717, 1.165) is 11.3 Å². The Balaban J connectivity index is 1.89. The van der Waals surface area contributed by atoms with Gasteiger partial charge in [-0.2, -0.15) is 0 Å². The molecule has 0 bridgehead atoms. The first kappa shape index (κ1) is 38.0. The lowest BCUT2D eigenvalue weighted by atomic mass is 9.89. The van der Waals surface area contributed by atoms with E-state index in [1.807, 2.05) is 38.1 Å². The van der Waals surface area contributed by atoms with Crippen molar-refractivity contribution in [2.75, 3.05) is 25.0 Å². The number of esters is 1. The first-order valence-electron chi connectivity index (χ1n) is 16.1. The van der Waals surface area contributed by atoms with E-state index >= 15 is 0 Å². The van der Waals surface area contributed by atoms with Crippen molar-refractivity contribution in [3.05, 3.63) is 42.0 Å².